The lowest BCUT2D eigenvalue weighted by Gasteiger charge is -2.16. The van der Waals surface area contributed by atoms with Gasteiger partial charge in [-0.05, 0) is 36.9 Å². The van der Waals surface area contributed by atoms with Crippen LogP contribution in [0.1, 0.15) is 15.9 Å². The minimum Gasteiger partial charge on any atom is -0.497 e. The second-order valence-electron chi connectivity index (χ2n) is 6.31. The second kappa shape index (κ2) is 12.8. The van der Waals surface area contributed by atoms with E-state index in [-0.39, 0.29) is 5.12 Å². The number of methoxy groups -OCH3 is 1. The van der Waals surface area contributed by atoms with E-state index in [9.17, 15) is 9.59 Å². The van der Waals surface area contributed by atoms with Crippen molar-refractivity contribution in [2.24, 2.45) is 0 Å². The second-order valence-corrected chi connectivity index (χ2v) is 7.09. The highest BCUT2D eigenvalue weighted by Gasteiger charge is 2.09. The molecule has 0 radical (unpaired) electrons. The lowest BCUT2D eigenvalue weighted by atomic mass is 10.2. The highest BCUT2D eigenvalue weighted by atomic mass is 32.2. The van der Waals surface area contributed by atoms with Gasteiger partial charge in [-0.25, -0.2) is 4.79 Å². The van der Waals surface area contributed by atoms with Gasteiger partial charge in [0.15, 0.2) is 0 Å². The van der Waals surface area contributed by atoms with Gasteiger partial charge in [0.2, 0.25) is 5.12 Å². The summed E-state index contributed by atoms with van der Waals surface area (Å²) in [5.41, 5.74) is 1.74. The summed E-state index contributed by atoms with van der Waals surface area (Å²) in [4.78, 5) is 25.9. The zero-order valence-electron chi connectivity index (χ0n) is 16.7. The minimum absolute atomic E-state index is 0.250. The molecule has 0 spiro atoms. The zero-order chi connectivity index (χ0) is 20.9. The van der Waals surface area contributed by atoms with Crippen LogP contribution in [0.15, 0.2) is 54.6 Å². The van der Waals surface area contributed by atoms with E-state index in [0.717, 1.165) is 25.0 Å². The highest BCUT2D eigenvalue weighted by Crippen LogP contribution is 2.15. The van der Waals surface area contributed by atoms with Gasteiger partial charge in [0.25, 0.3) is 0 Å². The molecule has 2 aromatic rings. The molecule has 0 fully saturated rings. The van der Waals surface area contributed by atoms with Crippen LogP contribution in [0.4, 0.5) is 4.79 Å². The minimum atomic E-state index is -0.429. The Kier molecular flexibility index (Phi) is 10.1. The monoisotopic (exact) mass is 417 g/mol. The third-order valence-electron chi connectivity index (χ3n) is 4.01. The number of rotatable bonds is 10. The predicted octanol–water partition coefficient (Wildman–Crippen LogP) is 2.93. The maximum atomic E-state index is 12.0. The van der Waals surface area contributed by atoms with Gasteiger partial charge >= 0.3 is 6.03 Å². The van der Waals surface area contributed by atoms with Crippen molar-refractivity contribution in [2.45, 2.75) is 6.54 Å². The first-order chi connectivity index (χ1) is 14.1. The summed E-state index contributed by atoms with van der Waals surface area (Å²) in [5, 5.41) is 2.40. The largest absolute Gasteiger partial charge is 0.497 e. The van der Waals surface area contributed by atoms with E-state index < -0.39 is 6.03 Å². The van der Waals surface area contributed by atoms with Crippen molar-refractivity contribution in [3.05, 3.63) is 65.7 Å². The maximum absolute atomic E-state index is 12.0. The summed E-state index contributed by atoms with van der Waals surface area (Å²) in [6.07, 6.45) is 0. The average Bonchev–Trinajstić information content (AvgIpc) is 2.75. The Morgan fingerprint density at radius 2 is 1.76 bits per heavy atom. The van der Waals surface area contributed by atoms with Gasteiger partial charge in [0, 0.05) is 37.1 Å². The normalized spacial score (nSPS) is 10.6. The number of benzene rings is 2. The van der Waals surface area contributed by atoms with Crippen molar-refractivity contribution in [1.82, 2.24) is 14.9 Å². The number of carbonyl (C=O) groups excluding carboxylic acids is 2. The van der Waals surface area contributed by atoms with Gasteiger partial charge in [-0.15, -0.1) is 0 Å². The van der Waals surface area contributed by atoms with E-state index in [1.807, 2.05) is 25.2 Å². The lowest BCUT2D eigenvalue weighted by Crippen LogP contribution is -2.34. The number of ether oxygens (including phenoxy) is 2. The molecular weight excluding hydrogens is 390 g/mol. The first-order valence-corrected chi connectivity index (χ1v) is 10.1. The SMILES string of the molecule is COc1ccc(C(=O)SNC(=O)NCCOCCN(C)Cc2ccccc2)cc1. The van der Waals surface area contributed by atoms with Crippen LogP contribution in [-0.2, 0) is 11.3 Å². The summed E-state index contributed by atoms with van der Waals surface area (Å²) in [6, 6.07) is 16.5. The summed E-state index contributed by atoms with van der Waals surface area (Å²) in [6.45, 7) is 3.02. The summed E-state index contributed by atoms with van der Waals surface area (Å²) in [5.74, 6) is 0.670. The van der Waals surface area contributed by atoms with E-state index in [0.29, 0.717) is 31.1 Å². The van der Waals surface area contributed by atoms with Crippen molar-refractivity contribution in [3.8, 4) is 5.75 Å². The van der Waals surface area contributed by atoms with E-state index in [4.69, 9.17) is 9.47 Å². The van der Waals surface area contributed by atoms with Crippen molar-refractivity contribution < 1.29 is 19.1 Å². The molecule has 0 heterocycles. The predicted molar refractivity (Wildman–Crippen MR) is 115 cm³/mol. The van der Waals surface area contributed by atoms with Gasteiger partial charge in [-0.1, -0.05) is 30.3 Å². The summed E-state index contributed by atoms with van der Waals surface area (Å²) < 4.78 is 13.1. The topological polar surface area (TPSA) is 79.9 Å². The molecule has 29 heavy (non-hydrogen) atoms. The van der Waals surface area contributed by atoms with Crippen LogP contribution < -0.4 is 14.8 Å². The van der Waals surface area contributed by atoms with Gasteiger partial charge in [0.05, 0.1) is 20.3 Å². The fourth-order valence-corrected chi connectivity index (χ4v) is 2.96. The van der Waals surface area contributed by atoms with Crippen molar-refractivity contribution >= 4 is 23.1 Å². The third-order valence-corrected chi connectivity index (χ3v) is 4.72. The number of nitrogens with zero attached hydrogens (tertiary/aromatic N) is 1. The molecule has 156 valence electrons. The van der Waals surface area contributed by atoms with Gasteiger partial charge in [0.1, 0.15) is 5.75 Å². The van der Waals surface area contributed by atoms with Gasteiger partial charge in [-0.2, -0.15) is 0 Å². The Balaban J connectivity index is 1.51. The number of hydrogen-bond acceptors (Lipinski definition) is 6. The molecule has 2 aromatic carbocycles. The molecule has 0 bridgehead atoms. The highest BCUT2D eigenvalue weighted by molar-refractivity contribution is 8.12. The van der Waals surface area contributed by atoms with Crippen LogP contribution in [0, 0.1) is 0 Å². The molecule has 0 atom stereocenters. The van der Waals surface area contributed by atoms with Crippen LogP contribution in [0.3, 0.4) is 0 Å². The number of urea groups is 1. The number of likely N-dealkylation sites (N-methyl/N-ethyl adjacent to an activating group) is 1. The van der Waals surface area contributed by atoms with Crippen LogP contribution >= 0.6 is 11.9 Å². The average molecular weight is 418 g/mol. The molecule has 8 heteroatoms. The molecular formula is C21H27N3O4S. The van der Waals surface area contributed by atoms with E-state index >= 15 is 0 Å². The Bertz CT molecular complexity index is 756. The quantitative estimate of drug-likeness (QED) is 0.457. The number of hydrogen-bond donors (Lipinski definition) is 2. The molecule has 0 unspecified atom stereocenters. The van der Waals surface area contributed by atoms with Crippen molar-refractivity contribution in [1.29, 1.82) is 0 Å². The van der Waals surface area contributed by atoms with Crippen molar-refractivity contribution in [3.63, 3.8) is 0 Å². The number of nitrogens with one attached hydrogen (secondary N) is 2. The molecule has 0 aliphatic carbocycles. The lowest BCUT2D eigenvalue weighted by molar-refractivity contribution is 0.108. The first-order valence-electron chi connectivity index (χ1n) is 9.28. The number of amides is 2. The Morgan fingerprint density at radius 3 is 2.45 bits per heavy atom. The molecule has 7 nitrogen and oxygen atoms in total. The molecule has 2 amide bonds. The fourth-order valence-electron chi connectivity index (χ4n) is 2.45. The van der Waals surface area contributed by atoms with Gasteiger partial charge in [-0.3, -0.25) is 14.4 Å². The number of carbonyl (C=O) groups is 2. The standard InChI is InChI=1S/C21H27N3O4S/c1-24(16-17-6-4-3-5-7-17)13-15-28-14-12-22-21(26)23-29-20(25)18-8-10-19(27-2)11-9-18/h3-11H,12-16H2,1-2H3,(H2,22,23,26). The maximum Gasteiger partial charge on any atom is 0.325 e. The molecule has 0 saturated carbocycles. The van der Waals surface area contributed by atoms with Crippen LogP contribution in [-0.4, -0.2) is 56.5 Å². The van der Waals surface area contributed by atoms with E-state index in [2.05, 4.69) is 27.1 Å². The molecule has 0 aliphatic rings. The smallest absolute Gasteiger partial charge is 0.325 e. The summed E-state index contributed by atoms with van der Waals surface area (Å²) in [7, 11) is 3.60. The fraction of sp³-hybridized carbons (Fsp3) is 0.333. The van der Waals surface area contributed by atoms with Gasteiger partial charge < -0.3 is 14.8 Å². The molecule has 0 aromatic heterocycles. The molecule has 0 aliphatic heterocycles. The van der Waals surface area contributed by atoms with E-state index in [1.165, 1.54) is 5.56 Å². The van der Waals surface area contributed by atoms with Crippen molar-refractivity contribution in [2.75, 3.05) is 40.5 Å². The summed E-state index contributed by atoms with van der Waals surface area (Å²) >= 11 is 0.735. The van der Waals surface area contributed by atoms with Crippen LogP contribution in [0.5, 0.6) is 5.75 Å². The Hall–Kier alpha value is -2.55. The first kappa shape index (κ1) is 22.7. The molecule has 2 N–H and O–H groups in total. The zero-order valence-corrected chi connectivity index (χ0v) is 17.5. The third kappa shape index (κ3) is 8.99. The molecule has 0 saturated heterocycles. The Labute approximate surface area is 175 Å². The Morgan fingerprint density at radius 1 is 1.03 bits per heavy atom. The van der Waals surface area contributed by atoms with E-state index in [1.54, 1.807) is 31.4 Å². The molecule has 2 rings (SSSR count). The van der Waals surface area contributed by atoms with Crippen LogP contribution in [0.25, 0.3) is 0 Å². The van der Waals surface area contributed by atoms with Crippen LogP contribution in [0.2, 0.25) is 0 Å².